The highest BCUT2D eigenvalue weighted by molar-refractivity contribution is 7.80. The molecular weight excluding hydrogens is 354 g/mol. The Bertz CT molecular complexity index is 637. The lowest BCUT2D eigenvalue weighted by Gasteiger charge is -2.17. The topological polar surface area (TPSA) is 88.7 Å². The van der Waals surface area contributed by atoms with Gasteiger partial charge in [-0.1, -0.05) is 19.8 Å². The lowest BCUT2D eigenvalue weighted by atomic mass is 10.1. The zero-order valence-electron chi connectivity index (χ0n) is 15.7. The number of aryl methyl sites for hydroxylation is 1. The summed E-state index contributed by atoms with van der Waals surface area (Å²) in [5.74, 6) is -0.0132. The molecule has 0 bridgehead atoms. The molecule has 26 heavy (non-hydrogen) atoms. The van der Waals surface area contributed by atoms with Crippen LogP contribution < -0.4 is 20.7 Å². The molecule has 1 amide bonds. The van der Waals surface area contributed by atoms with Crippen molar-refractivity contribution < 1.29 is 19.1 Å². The predicted molar refractivity (Wildman–Crippen MR) is 105 cm³/mol. The van der Waals surface area contributed by atoms with Crippen LogP contribution in [0.2, 0.25) is 0 Å². The summed E-state index contributed by atoms with van der Waals surface area (Å²) in [6, 6.07) is 4.91. The van der Waals surface area contributed by atoms with Gasteiger partial charge in [0.05, 0.1) is 20.8 Å². The maximum atomic E-state index is 12.1. The molecule has 1 atom stereocenters. The third-order valence-electron chi connectivity index (χ3n) is 3.76. The van der Waals surface area contributed by atoms with Gasteiger partial charge in [0.2, 0.25) is 5.91 Å². The smallest absolute Gasteiger partial charge is 0.328 e. The fourth-order valence-corrected chi connectivity index (χ4v) is 2.46. The lowest BCUT2D eigenvalue weighted by molar-refractivity contribution is -0.145. The quantitative estimate of drug-likeness (QED) is 0.446. The zero-order chi connectivity index (χ0) is 19.5. The highest BCUT2D eigenvalue weighted by Crippen LogP contribution is 2.20. The molecule has 8 heteroatoms. The summed E-state index contributed by atoms with van der Waals surface area (Å²) in [6.45, 7) is 3.90. The maximum Gasteiger partial charge on any atom is 0.328 e. The summed E-state index contributed by atoms with van der Waals surface area (Å²) < 4.78 is 9.88. The minimum Gasteiger partial charge on any atom is -0.497 e. The van der Waals surface area contributed by atoms with E-state index in [1.807, 2.05) is 32.0 Å². The Morgan fingerprint density at radius 1 is 1.27 bits per heavy atom. The molecule has 0 spiro atoms. The van der Waals surface area contributed by atoms with Gasteiger partial charge in [-0.15, -0.1) is 0 Å². The largest absolute Gasteiger partial charge is 0.497 e. The fourth-order valence-electron chi connectivity index (χ4n) is 2.28. The molecule has 0 saturated carbocycles. The van der Waals surface area contributed by atoms with Crippen molar-refractivity contribution in [3.05, 3.63) is 23.8 Å². The SMILES string of the molecule is CCCCC(NC(=O)CNC(=S)Nc1ccc(OC)cc1C)C(=O)OC. The summed E-state index contributed by atoms with van der Waals surface area (Å²) in [5.41, 5.74) is 1.78. The van der Waals surface area contributed by atoms with Gasteiger partial charge in [-0.3, -0.25) is 4.79 Å². The predicted octanol–water partition coefficient (Wildman–Crippen LogP) is 2.14. The average Bonchev–Trinajstić information content (AvgIpc) is 2.64. The summed E-state index contributed by atoms with van der Waals surface area (Å²) in [7, 11) is 2.91. The van der Waals surface area contributed by atoms with Gasteiger partial charge in [-0.2, -0.15) is 0 Å². The van der Waals surface area contributed by atoms with E-state index in [0.29, 0.717) is 11.5 Å². The van der Waals surface area contributed by atoms with Crippen molar-refractivity contribution in [2.75, 3.05) is 26.1 Å². The second kappa shape index (κ2) is 11.3. The number of amides is 1. The minimum absolute atomic E-state index is 0.0410. The first kappa shape index (κ1) is 21.7. The Hall–Kier alpha value is -2.35. The van der Waals surface area contributed by atoms with Crippen molar-refractivity contribution >= 4 is 34.9 Å². The summed E-state index contributed by atoms with van der Waals surface area (Å²) >= 11 is 5.21. The second-order valence-corrected chi connectivity index (χ2v) is 6.18. The van der Waals surface area contributed by atoms with Gasteiger partial charge >= 0.3 is 5.97 Å². The van der Waals surface area contributed by atoms with E-state index in [1.54, 1.807) is 7.11 Å². The van der Waals surface area contributed by atoms with Crippen LogP contribution in [0.15, 0.2) is 18.2 Å². The molecular formula is C18H27N3O4S. The van der Waals surface area contributed by atoms with E-state index in [9.17, 15) is 9.59 Å². The third kappa shape index (κ3) is 7.26. The van der Waals surface area contributed by atoms with Crippen molar-refractivity contribution in [2.45, 2.75) is 39.2 Å². The van der Waals surface area contributed by atoms with Crippen LogP contribution >= 0.6 is 12.2 Å². The molecule has 0 aromatic heterocycles. The molecule has 144 valence electrons. The number of rotatable bonds is 9. The van der Waals surface area contributed by atoms with Crippen LogP contribution in [0.3, 0.4) is 0 Å². The lowest BCUT2D eigenvalue weighted by Crippen LogP contribution is -2.46. The molecule has 3 N–H and O–H groups in total. The Balaban J connectivity index is 2.50. The average molecular weight is 381 g/mol. The number of carbonyl (C=O) groups is 2. The first-order valence-corrected chi connectivity index (χ1v) is 8.88. The van der Waals surface area contributed by atoms with E-state index in [-0.39, 0.29) is 12.5 Å². The van der Waals surface area contributed by atoms with Crippen molar-refractivity contribution in [1.82, 2.24) is 10.6 Å². The van der Waals surface area contributed by atoms with Gasteiger partial charge in [0.1, 0.15) is 11.8 Å². The van der Waals surface area contributed by atoms with Crippen LogP contribution in [0.1, 0.15) is 31.7 Å². The first-order valence-electron chi connectivity index (χ1n) is 8.47. The number of carbonyl (C=O) groups excluding carboxylic acids is 2. The number of ether oxygens (including phenoxy) is 2. The first-order chi connectivity index (χ1) is 12.4. The number of anilines is 1. The molecule has 0 aliphatic carbocycles. The summed E-state index contributed by atoms with van der Waals surface area (Å²) in [6.07, 6.45) is 2.30. The number of hydrogen-bond donors (Lipinski definition) is 3. The van der Waals surface area contributed by atoms with E-state index in [4.69, 9.17) is 21.7 Å². The number of nitrogens with one attached hydrogen (secondary N) is 3. The maximum absolute atomic E-state index is 12.1. The molecule has 0 saturated heterocycles. The molecule has 0 aliphatic heterocycles. The number of unbranched alkanes of at least 4 members (excludes halogenated alkanes) is 1. The molecule has 0 radical (unpaired) electrons. The molecule has 7 nitrogen and oxygen atoms in total. The molecule has 1 rings (SSSR count). The van der Waals surface area contributed by atoms with Gasteiger partial charge in [0, 0.05) is 5.69 Å². The molecule has 0 fully saturated rings. The highest BCUT2D eigenvalue weighted by Gasteiger charge is 2.20. The van der Waals surface area contributed by atoms with E-state index < -0.39 is 12.0 Å². The van der Waals surface area contributed by atoms with Crippen LogP contribution in [0.25, 0.3) is 0 Å². The monoisotopic (exact) mass is 381 g/mol. The van der Waals surface area contributed by atoms with E-state index in [2.05, 4.69) is 16.0 Å². The second-order valence-electron chi connectivity index (χ2n) is 5.77. The number of esters is 1. The normalized spacial score (nSPS) is 11.2. The van der Waals surface area contributed by atoms with Crippen LogP contribution in [0, 0.1) is 6.92 Å². The molecule has 1 aromatic rings. The van der Waals surface area contributed by atoms with E-state index >= 15 is 0 Å². The Morgan fingerprint density at radius 2 is 2.00 bits per heavy atom. The Morgan fingerprint density at radius 3 is 2.58 bits per heavy atom. The van der Waals surface area contributed by atoms with Crippen LogP contribution in [0.4, 0.5) is 5.69 Å². The summed E-state index contributed by atoms with van der Waals surface area (Å²) in [5, 5.41) is 8.85. The van der Waals surface area contributed by atoms with Gasteiger partial charge in [-0.25, -0.2) is 4.79 Å². The van der Waals surface area contributed by atoms with E-state index in [0.717, 1.165) is 29.8 Å². The van der Waals surface area contributed by atoms with Gasteiger partial charge in [0.25, 0.3) is 0 Å². The number of thiocarbonyl (C=S) groups is 1. The van der Waals surface area contributed by atoms with Crippen molar-refractivity contribution in [2.24, 2.45) is 0 Å². The fraction of sp³-hybridized carbons (Fsp3) is 0.500. The zero-order valence-corrected chi connectivity index (χ0v) is 16.5. The van der Waals surface area contributed by atoms with Crippen molar-refractivity contribution in [3.8, 4) is 5.75 Å². The van der Waals surface area contributed by atoms with E-state index in [1.165, 1.54) is 7.11 Å². The molecule has 0 aliphatic rings. The van der Waals surface area contributed by atoms with Crippen LogP contribution in [-0.4, -0.2) is 43.8 Å². The molecule has 1 aromatic carbocycles. The van der Waals surface area contributed by atoms with Gasteiger partial charge in [-0.05, 0) is 49.3 Å². The summed E-state index contributed by atoms with van der Waals surface area (Å²) in [4.78, 5) is 23.8. The minimum atomic E-state index is -0.639. The Labute approximate surface area is 159 Å². The van der Waals surface area contributed by atoms with Crippen LogP contribution in [0.5, 0.6) is 5.75 Å². The van der Waals surface area contributed by atoms with Gasteiger partial charge in [0.15, 0.2) is 5.11 Å². The third-order valence-corrected chi connectivity index (χ3v) is 4.00. The number of methoxy groups -OCH3 is 2. The standard InChI is InChI=1S/C18H27N3O4S/c1-5-6-7-15(17(23)25-4)20-16(22)11-19-18(26)21-14-9-8-13(24-3)10-12(14)2/h8-10,15H,5-7,11H2,1-4H3,(H,20,22)(H2,19,21,26). The van der Waals surface area contributed by atoms with Crippen molar-refractivity contribution in [1.29, 1.82) is 0 Å². The van der Waals surface area contributed by atoms with Crippen LogP contribution in [-0.2, 0) is 14.3 Å². The number of hydrogen-bond acceptors (Lipinski definition) is 5. The Kier molecular flexibility index (Phi) is 9.43. The molecule has 0 heterocycles. The molecule has 1 unspecified atom stereocenters. The highest BCUT2D eigenvalue weighted by atomic mass is 32.1. The number of benzene rings is 1. The van der Waals surface area contributed by atoms with Crippen molar-refractivity contribution in [3.63, 3.8) is 0 Å². The van der Waals surface area contributed by atoms with Gasteiger partial charge < -0.3 is 25.4 Å².